The topological polar surface area (TPSA) is 96.7 Å². The number of methoxy groups -OCH3 is 1. The Morgan fingerprint density at radius 2 is 2.39 bits per heavy atom. The van der Waals surface area contributed by atoms with E-state index in [2.05, 4.69) is 10.3 Å². The Balaban J connectivity index is 1.97. The molecule has 1 aliphatic rings. The number of pyridine rings is 1. The van der Waals surface area contributed by atoms with Crippen LogP contribution in [0.3, 0.4) is 0 Å². The van der Waals surface area contributed by atoms with Gasteiger partial charge in [-0.25, -0.2) is 9.36 Å². The lowest BCUT2D eigenvalue weighted by Crippen LogP contribution is -2.56. The van der Waals surface area contributed by atoms with E-state index in [1.54, 1.807) is 36.5 Å². The van der Waals surface area contributed by atoms with Crippen LogP contribution in [0.1, 0.15) is 5.69 Å². The maximum absolute atomic E-state index is 12.2. The van der Waals surface area contributed by atoms with Gasteiger partial charge in [0.05, 0.1) is 31.3 Å². The average molecular weight is 318 g/mol. The zero-order valence-corrected chi connectivity index (χ0v) is 12.7. The fourth-order valence-electron chi connectivity index (χ4n) is 2.95. The molecular formula is C15H18N4O4. The Labute approximate surface area is 132 Å². The first-order valence-corrected chi connectivity index (χ1v) is 7.28. The molecular weight excluding hydrogens is 300 g/mol. The number of amides is 1. The van der Waals surface area contributed by atoms with E-state index in [0.29, 0.717) is 24.4 Å². The van der Waals surface area contributed by atoms with Crippen molar-refractivity contribution in [2.75, 3.05) is 26.8 Å². The van der Waals surface area contributed by atoms with Gasteiger partial charge < -0.3 is 20.1 Å². The predicted molar refractivity (Wildman–Crippen MR) is 82.2 cm³/mol. The van der Waals surface area contributed by atoms with Crippen molar-refractivity contribution in [3.05, 3.63) is 30.2 Å². The highest BCUT2D eigenvalue weighted by Crippen LogP contribution is 2.21. The Hall–Kier alpha value is -2.45. The van der Waals surface area contributed by atoms with Gasteiger partial charge in [0.2, 0.25) is 5.91 Å². The van der Waals surface area contributed by atoms with Gasteiger partial charge in [-0.05, 0) is 12.1 Å². The molecule has 8 nitrogen and oxygen atoms in total. The molecule has 0 bridgehead atoms. The fourth-order valence-corrected chi connectivity index (χ4v) is 2.95. The van der Waals surface area contributed by atoms with Gasteiger partial charge in [0, 0.05) is 37.1 Å². The van der Waals surface area contributed by atoms with Crippen LogP contribution in [-0.2, 0) is 16.1 Å². The van der Waals surface area contributed by atoms with E-state index >= 15 is 0 Å². The molecule has 1 amide bonds. The number of carbonyl (C=O) groups is 2. The van der Waals surface area contributed by atoms with E-state index in [1.165, 1.54) is 4.57 Å². The van der Waals surface area contributed by atoms with Gasteiger partial charge in [-0.1, -0.05) is 0 Å². The molecule has 8 heteroatoms. The molecule has 2 N–H and O–H groups in total. The minimum Gasteiger partial charge on any atom is -0.464 e. The van der Waals surface area contributed by atoms with Crippen LogP contribution in [-0.4, -0.2) is 64.4 Å². The second-order valence-electron chi connectivity index (χ2n) is 5.45. The lowest BCUT2D eigenvalue weighted by atomic mass is 10.2. The first-order valence-electron chi connectivity index (χ1n) is 7.28. The molecule has 3 heterocycles. The van der Waals surface area contributed by atoms with E-state index in [-0.39, 0.29) is 25.0 Å². The molecule has 0 spiro atoms. The standard InChI is InChI=1S/C15H18N4O4/c1-23-9-12-6-17-7-14(20)18(12)8-11-4-10-5-16-3-2-13(10)19(11)15(21)22/h2-5,12,17H,6-9H2,1H3,(H,21,22)/t12-/m1/s1. The maximum atomic E-state index is 12.2. The first kappa shape index (κ1) is 15.4. The zero-order chi connectivity index (χ0) is 16.4. The molecule has 0 radical (unpaired) electrons. The molecule has 1 saturated heterocycles. The number of fused-ring (bicyclic) bond motifs is 1. The number of ether oxygens (including phenoxy) is 1. The average Bonchev–Trinajstić information content (AvgIpc) is 2.89. The number of piperazine rings is 1. The van der Waals surface area contributed by atoms with Crippen LogP contribution in [0.15, 0.2) is 24.5 Å². The van der Waals surface area contributed by atoms with Crippen LogP contribution < -0.4 is 5.32 Å². The summed E-state index contributed by atoms with van der Waals surface area (Å²) in [7, 11) is 1.58. The summed E-state index contributed by atoms with van der Waals surface area (Å²) in [5, 5.41) is 13.3. The SMILES string of the molecule is COC[C@H]1CNCC(=O)N1Cc1cc2cnccc2n1C(=O)O. The Kier molecular flexibility index (Phi) is 4.26. The molecule has 1 aliphatic heterocycles. The first-order chi connectivity index (χ1) is 11.1. The summed E-state index contributed by atoms with van der Waals surface area (Å²) < 4.78 is 6.37. The highest BCUT2D eigenvalue weighted by molar-refractivity contribution is 5.90. The highest BCUT2D eigenvalue weighted by atomic mass is 16.5. The van der Waals surface area contributed by atoms with Gasteiger partial charge >= 0.3 is 6.09 Å². The number of rotatable bonds is 4. The van der Waals surface area contributed by atoms with Crippen LogP contribution >= 0.6 is 0 Å². The second kappa shape index (κ2) is 6.35. The number of nitrogens with zero attached hydrogens (tertiary/aromatic N) is 3. The summed E-state index contributed by atoms with van der Waals surface area (Å²) in [5.74, 6) is -0.0707. The number of carbonyl (C=O) groups excluding carboxylic acids is 1. The fraction of sp³-hybridized carbons (Fsp3) is 0.400. The maximum Gasteiger partial charge on any atom is 0.416 e. The number of aromatic nitrogens is 2. The largest absolute Gasteiger partial charge is 0.464 e. The van der Waals surface area contributed by atoms with Gasteiger partial charge in [0.25, 0.3) is 0 Å². The molecule has 3 rings (SSSR count). The van der Waals surface area contributed by atoms with Crippen molar-refractivity contribution < 1.29 is 19.4 Å². The Bertz CT molecular complexity index is 740. The minimum atomic E-state index is -1.08. The molecule has 23 heavy (non-hydrogen) atoms. The lowest BCUT2D eigenvalue weighted by Gasteiger charge is -2.35. The molecule has 122 valence electrons. The predicted octanol–water partition coefficient (Wildman–Crippen LogP) is 0.509. The van der Waals surface area contributed by atoms with Crippen LogP contribution in [0.25, 0.3) is 10.9 Å². The van der Waals surface area contributed by atoms with Crippen molar-refractivity contribution in [3.8, 4) is 0 Å². The third-order valence-electron chi connectivity index (χ3n) is 3.98. The van der Waals surface area contributed by atoms with E-state index < -0.39 is 6.09 Å². The van der Waals surface area contributed by atoms with Crippen molar-refractivity contribution >= 4 is 22.9 Å². The zero-order valence-electron chi connectivity index (χ0n) is 12.7. The summed E-state index contributed by atoms with van der Waals surface area (Å²) in [6, 6.07) is 3.29. The van der Waals surface area contributed by atoms with E-state index in [1.807, 2.05) is 0 Å². The summed E-state index contributed by atoms with van der Waals surface area (Å²) in [4.78, 5) is 29.5. The normalized spacial score (nSPS) is 18.6. The quantitative estimate of drug-likeness (QED) is 0.852. The van der Waals surface area contributed by atoms with E-state index in [0.717, 1.165) is 5.39 Å². The molecule has 1 fully saturated rings. The summed E-state index contributed by atoms with van der Waals surface area (Å²) in [6.07, 6.45) is 2.09. The smallest absolute Gasteiger partial charge is 0.416 e. The van der Waals surface area contributed by atoms with Crippen LogP contribution in [0.5, 0.6) is 0 Å². The van der Waals surface area contributed by atoms with Crippen molar-refractivity contribution in [1.82, 2.24) is 19.8 Å². The summed E-state index contributed by atoms with van der Waals surface area (Å²) in [5.41, 5.74) is 1.10. The lowest BCUT2D eigenvalue weighted by molar-refractivity contribution is -0.137. The monoisotopic (exact) mass is 318 g/mol. The molecule has 2 aromatic heterocycles. The van der Waals surface area contributed by atoms with Gasteiger partial charge in [-0.3, -0.25) is 9.78 Å². The van der Waals surface area contributed by atoms with E-state index in [9.17, 15) is 14.7 Å². The number of hydrogen-bond donors (Lipinski definition) is 2. The van der Waals surface area contributed by atoms with Crippen LogP contribution in [0.2, 0.25) is 0 Å². The third kappa shape index (κ3) is 2.90. The second-order valence-corrected chi connectivity index (χ2v) is 5.45. The molecule has 0 saturated carbocycles. The molecule has 0 unspecified atom stereocenters. The van der Waals surface area contributed by atoms with E-state index in [4.69, 9.17) is 4.74 Å². The number of hydrogen-bond acceptors (Lipinski definition) is 5. The minimum absolute atomic E-state index is 0.0707. The molecule has 0 aliphatic carbocycles. The number of nitrogens with one attached hydrogen (secondary N) is 1. The van der Waals surface area contributed by atoms with Gasteiger partial charge in [-0.15, -0.1) is 0 Å². The van der Waals surface area contributed by atoms with Crippen LogP contribution in [0, 0.1) is 0 Å². The van der Waals surface area contributed by atoms with Crippen molar-refractivity contribution in [2.24, 2.45) is 0 Å². The molecule has 0 aromatic carbocycles. The van der Waals surface area contributed by atoms with Gasteiger partial charge in [-0.2, -0.15) is 0 Å². The Morgan fingerprint density at radius 3 is 3.13 bits per heavy atom. The van der Waals surface area contributed by atoms with Crippen LogP contribution in [0.4, 0.5) is 4.79 Å². The summed E-state index contributed by atoms with van der Waals surface area (Å²) >= 11 is 0. The highest BCUT2D eigenvalue weighted by Gasteiger charge is 2.29. The van der Waals surface area contributed by atoms with Crippen molar-refractivity contribution in [1.29, 1.82) is 0 Å². The third-order valence-corrected chi connectivity index (χ3v) is 3.98. The van der Waals surface area contributed by atoms with Crippen molar-refractivity contribution in [3.63, 3.8) is 0 Å². The summed E-state index contributed by atoms with van der Waals surface area (Å²) in [6.45, 7) is 1.48. The van der Waals surface area contributed by atoms with Gasteiger partial charge in [0.1, 0.15) is 0 Å². The molecule has 2 aromatic rings. The van der Waals surface area contributed by atoms with Gasteiger partial charge in [0.15, 0.2) is 0 Å². The number of carboxylic acid groups (broad SMARTS) is 1. The molecule has 1 atom stereocenters. The van der Waals surface area contributed by atoms with Crippen molar-refractivity contribution in [2.45, 2.75) is 12.6 Å². The Morgan fingerprint density at radius 1 is 1.57 bits per heavy atom.